The van der Waals surface area contributed by atoms with E-state index in [0.717, 1.165) is 28.2 Å². The maximum atomic E-state index is 13.5. The highest BCUT2D eigenvalue weighted by atomic mass is 79.9. The normalized spacial score (nSPS) is 32.8. The largest absolute Gasteiger partial charge is 0.306 e. The van der Waals surface area contributed by atoms with Gasteiger partial charge in [-0.3, -0.25) is 14.5 Å². The van der Waals surface area contributed by atoms with Crippen molar-refractivity contribution in [1.29, 1.82) is 0 Å². The molecule has 2 amide bonds. The first-order chi connectivity index (χ1) is 12.9. The Morgan fingerprint density at radius 2 is 1.39 bits per heavy atom. The van der Waals surface area contributed by atoms with Crippen molar-refractivity contribution in [2.45, 2.75) is 71.0 Å². The van der Waals surface area contributed by atoms with Gasteiger partial charge in [0.1, 0.15) is 0 Å². The number of imide groups is 1. The van der Waals surface area contributed by atoms with Gasteiger partial charge in [-0.05, 0) is 103 Å². The second kappa shape index (κ2) is 7.74. The molecule has 1 aromatic carbocycles. The summed E-state index contributed by atoms with van der Waals surface area (Å²) < 4.78 is 2.65. The van der Waals surface area contributed by atoms with Crippen LogP contribution in [-0.4, -0.2) is 33.8 Å². The highest BCUT2D eigenvalue weighted by molar-refractivity contribution is 9.15. The van der Waals surface area contributed by atoms with Crippen LogP contribution in [0.5, 0.6) is 0 Å². The fourth-order valence-corrected chi connectivity index (χ4v) is 7.00. The van der Waals surface area contributed by atoms with E-state index in [1.54, 1.807) is 0 Å². The van der Waals surface area contributed by atoms with E-state index in [-0.39, 0.29) is 34.9 Å². The summed E-state index contributed by atoms with van der Waals surface area (Å²) in [5, 5.41) is 3.82. The number of rotatable bonds is 3. The molecule has 3 rings (SSSR count). The zero-order chi connectivity index (χ0) is 21.2. The third-order valence-electron chi connectivity index (χ3n) is 6.81. The van der Waals surface area contributed by atoms with E-state index < -0.39 is 0 Å². The van der Waals surface area contributed by atoms with E-state index in [1.807, 2.05) is 0 Å². The van der Waals surface area contributed by atoms with Gasteiger partial charge in [-0.1, -0.05) is 20.8 Å². The molecule has 1 aromatic rings. The number of fused-ring (bicyclic) bond motifs is 1. The molecule has 28 heavy (non-hydrogen) atoms. The monoisotopic (exact) mass is 640 g/mol. The van der Waals surface area contributed by atoms with Gasteiger partial charge < -0.3 is 5.32 Å². The van der Waals surface area contributed by atoms with Gasteiger partial charge in [0, 0.05) is 35.0 Å². The molecule has 0 radical (unpaired) electrons. The predicted octanol–water partition coefficient (Wildman–Crippen LogP) is 6.67. The lowest BCUT2D eigenvalue weighted by Crippen LogP contribution is -2.69. The summed E-state index contributed by atoms with van der Waals surface area (Å²) in [4.78, 5) is 28.5. The third kappa shape index (κ3) is 3.29. The Balaban J connectivity index is 2.14. The van der Waals surface area contributed by atoms with Crippen molar-refractivity contribution >= 4 is 75.5 Å². The van der Waals surface area contributed by atoms with Crippen LogP contribution in [0.2, 0.25) is 0 Å². The molecule has 0 aliphatic carbocycles. The molecular weight excluding hydrogens is 620 g/mol. The topological polar surface area (TPSA) is 49.4 Å². The molecule has 0 saturated carbocycles. The lowest BCUT2D eigenvalue weighted by Gasteiger charge is -2.55. The van der Waals surface area contributed by atoms with Crippen LogP contribution in [0.4, 0.5) is 0 Å². The minimum Gasteiger partial charge on any atom is -0.306 e. The zero-order valence-corrected chi connectivity index (χ0v) is 22.9. The summed E-state index contributed by atoms with van der Waals surface area (Å²) in [5.41, 5.74) is 0.564. The van der Waals surface area contributed by atoms with Crippen molar-refractivity contribution in [2.75, 3.05) is 0 Å². The van der Waals surface area contributed by atoms with E-state index >= 15 is 0 Å². The number of benzene rings is 1. The fourth-order valence-electron chi connectivity index (χ4n) is 4.54. The Bertz CT molecular complexity index is 827. The molecule has 0 bridgehead atoms. The van der Waals surface area contributed by atoms with Gasteiger partial charge in [-0.2, -0.15) is 0 Å². The van der Waals surface area contributed by atoms with Crippen LogP contribution < -0.4 is 5.32 Å². The maximum Gasteiger partial charge on any atom is 0.263 e. The van der Waals surface area contributed by atoms with Gasteiger partial charge in [0.25, 0.3) is 11.8 Å². The van der Waals surface area contributed by atoms with Crippen LogP contribution >= 0.6 is 63.7 Å². The van der Waals surface area contributed by atoms with Crippen molar-refractivity contribution in [1.82, 2.24) is 10.2 Å². The third-order valence-corrected chi connectivity index (χ3v) is 11.6. The molecule has 0 aromatic heterocycles. The molecule has 1 saturated heterocycles. The smallest absolute Gasteiger partial charge is 0.263 e. The molecule has 4 nitrogen and oxygen atoms in total. The molecule has 1 N–H and O–H groups in total. The summed E-state index contributed by atoms with van der Waals surface area (Å²) in [6.07, 6.45) is 2.59. The Hall–Kier alpha value is 0.240. The summed E-state index contributed by atoms with van der Waals surface area (Å²) in [6.45, 7) is 10.9. The summed E-state index contributed by atoms with van der Waals surface area (Å²) >= 11 is 14.0. The molecule has 154 valence electrons. The molecule has 2 heterocycles. The molecule has 4 unspecified atom stereocenters. The van der Waals surface area contributed by atoms with Crippen LogP contribution in [0, 0.1) is 5.92 Å². The first-order valence-corrected chi connectivity index (χ1v) is 12.6. The van der Waals surface area contributed by atoms with Gasteiger partial charge in [0.05, 0.1) is 11.1 Å². The standard InChI is InChI=1S/C20H24Br4N2O2/c1-6-19(4)8-10(9(3)20(5,7-2)25-19)26-17(27)11-12(18(26)28)14(22)16(24)15(23)13(11)21/h9-10,25H,6-8H2,1-5H3. The van der Waals surface area contributed by atoms with Crippen LogP contribution in [0.15, 0.2) is 17.9 Å². The van der Waals surface area contributed by atoms with Gasteiger partial charge in [0.15, 0.2) is 0 Å². The Kier molecular flexibility index (Phi) is 6.33. The molecule has 1 fully saturated rings. The zero-order valence-electron chi connectivity index (χ0n) is 16.6. The van der Waals surface area contributed by atoms with E-state index in [1.165, 1.54) is 4.90 Å². The number of carbonyl (C=O) groups is 2. The molecule has 2 aliphatic rings. The van der Waals surface area contributed by atoms with Crippen molar-refractivity contribution in [3.8, 4) is 0 Å². The fraction of sp³-hybridized carbons (Fsp3) is 0.600. The number of carbonyl (C=O) groups excluding carboxylic acids is 2. The number of hydrogen-bond donors (Lipinski definition) is 1. The predicted molar refractivity (Wildman–Crippen MR) is 126 cm³/mol. The molecule has 8 heteroatoms. The lowest BCUT2D eigenvalue weighted by molar-refractivity contribution is 0.00758. The van der Waals surface area contributed by atoms with Crippen LogP contribution in [-0.2, 0) is 0 Å². The molecule has 0 spiro atoms. The highest BCUT2D eigenvalue weighted by Crippen LogP contribution is 2.48. The quantitative estimate of drug-likeness (QED) is 0.228. The summed E-state index contributed by atoms with van der Waals surface area (Å²) in [5.74, 6) is -0.323. The minimum absolute atomic E-state index is 0.128. The maximum absolute atomic E-state index is 13.5. The van der Waals surface area contributed by atoms with Crippen LogP contribution in [0.25, 0.3) is 0 Å². The van der Waals surface area contributed by atoms with Crippen LogP contribution in [0.3, 0.4) is 0 Å². The number of nitrogens with zero attached hydrogens (tertiary/aromatic N) is 1. The molecule has 2 aliphatic heterocycles. The number of piperidine rings is 1. The number of hydrogen-bond acceptors (Lipinski definition) is 3. The van der Waals surface area contributed by atoms with Gasteiger partial charge >= 0.3 is 0 Å². The SMILES string of the molecule is CCC1(C)CC(N2C(=O)c3c(Br)c(Br)c(Br)c(Br)c3C2=O)C(C)C(C)(CC)N1. The van der Waals surface area contributed by atoms with Crippen LogP contribution in [0.1, 0.15) is 74.6 Å². The summed E-state index contributed by atoms with van der Waals surface area (Å²) in [7, 11) is 0. The number of halogens is 4. The van der Waals surface area contributed by atoms with E-state index in [4.69, 9.17) is 0 Å². The first-order valence-electron chi connectivity index (χ1n) is 9.45. The van der Waals surface area contributed by atoms with Crippen molar-refractivity contribution in [2.24, 2.45) is 5.92 Å². The first kappa shape index (κ1) is 22.9. The average Bonchev–Trinajstić information content (AvgIpc) is 2.92. The van der Waals surface area contributed by atoms with E-state index in [2.05, 4.69) is 104 Å². The van der Waals surface area contributed by atoms with Crippen molar-refractivity contribution in [3.63, 3.8) is 0 Å². The van der Waals surface area contributed by atoms with E-state index in [0.29, 0.717) is 20.1 Å². The van der Waals surface area contributed by atoms with Crippen molar-refractivity contribution < 1.29 is 9.59 Å². The second-order valence-corrected chi connectivity index (χ2v) is 11.5. The Labute approximate surface area is 200 Å². The van der Waals surface area contributed by atoms with E-state index in [9.17, 15) is 9.59 Å². The van der Waals surface area contributed by atoms with Gasteiger partial charge in [-0.15, -0.1) is 0 Å². The lowest BCUT2D eigenvalue weighted by atomic mass is 9.68. The molecule has 4 atom stereocenters. The second-order valence-electron chi connectivity index (χ2n) is 8.36. The summed E-state index contributed by atoms with van der Waals surface area (Å²) in [6, 6.07) is -0.167. The Morgan fingerprint density at radius 3 is 1.79 bits per heavy atom. The van der Waals surface area contributed by atoms with Gasteiger partial charge in [-0.25, -0.2) is 0 Å². The molecular formula is C20H24Br4N2O2. The number of nitrogens with one attached hydrogen (secondary N) is 1. The minimum atomic E-state index is -0.226. The number of amides is 2. The average molecular weight is 644 g/mol. The van der Waals surface area contributed by atoms with Gasteiger partial charge in [0.2, 0.25) is 0 Å². The Morgan fingerprint density at radius 1 is 0.929 bits per heavy atom. The highest BCUT2D eigenvalue weighted by Gasteiger charge is 2.53. The van der Waals surface area contributed by atoms with Crippen molar-refractivity contribution in [3.05, 3.63) is 29.0 Å².